The average Bonchev–Trinajstić information content (AvgIpc) is 2.17. The molecule has 0 fully saturated rings. The molecule has 4 heteroatoms. The summed E-state index contributed by atoms with van der Waals surface area (Å²) < 4.78 is 4.93. The summed E-state index contributed by atoms with van der Waals surface area (Å²) >= 11 is 0. The summed E-state index contributed by atoms with van der Waals surface area (Å²) in [6, 6.07) is 5.58. The van der Waals surface area contributed by atoms with Crippen LogP contribution in [0.2, 0.25) is 0 Å². The molecule has 1 N–H and O–H groups in total. The van der Waals surface area contributed by atoms with Crippen molar-refractivity contribution in [2.45, 2.75) is 13.5 Å². The molecule has 4 nitrogen and oxygen atoms in total. The van der Waals surface area contributed by atoms with Crippen LogP contribution in [0.5, 0.6) is 0 Å². The largest absolute Gasteiger partial charge is 0.377 e. The third kappa shape index (κ3) is 1.89. The molecule has 0 saturated heterocycles. The summed E-state index contributed by atoms with van der Waals surface area (Å²) in [5.74, 6) is 0.556. The number of aromatic nitrogens is 2. The average molecular weight is 204 g/mol. The molecule has 0 radical (unpaired) electrons. The number of ether oxygens (including phenoxy) is 1. The zero-order valence-electron chi connectivity index (χ0n) is 8.70. The Morgan fingerprint density at radius 1 is 1.47 bits per heavy atom. The predicted molar refractivity (Wildman–Crippen MR) is 57.8 cm³/mol. The van der Waals surface area contributed by atoms with E-state index in [1.54, 1.807) is 13.2 Å². The van der Waals surface area contributed by atoms with Gasteiger partial charge in [-0.3, -0.25) is 4.79 Å². The zero-order valence-corrected chi connectivity index (χ0v) is 8.70. The second-order valence-corrected chi connectivity index (χ2v) is 3.47. The van der Waals surface area contributed by atoms with Crippen LogP contribution in [0.4, 0.5) is 0 Å². The van der Waals surface area contributed by atoms with E-state index >= 15 is 0 Å². The first kappa shape index (κ1) is 9.86. The fraction of sp³-hybridized carbons (Fsp3) is 0.273. The summed E-state index contributed by atoms with van der Waals surface area (Å²) in [7, 11) is 1.57. The van der Waals surface area contributed by atoms with E-state index in [-0.39, 0.29) is 5.56 Å². The Kier molecular flexibility index (Phi) is 2.51. The van der Waals surface area contributed by atoms with Crippen LogP contribution in [0.1, 0.15) is 11.4 Å². The van der Waals surface area contributed by atoms with Crippen molar-refractivity contribution in [3.05, 3.63) is 39.9 Å². The fourth-order valence-corrected chi connectivity index (χ4v) is 1.50. The van der Waals surface area contributed by atoms with Gasteiger partial charge in [-0.15, -0.1) is 0 Å². The molecular formula is C11H12N2O2. The lowest BCUT2D eigenvalue weighted by atomic mass is 10.2. The number of hydrogen-bond acceptors (Lipinski definition) is 3. The Labute approximate surface area is 86.9 Å². The number of fused-ring (bicyclic) bond motifs is 1. The third-order valence-electron chi connectivity index (χ3n) is 2.19. The molecule has 0 amide bonds. The van der Waals surface area contributed by atoms with Gasteiger partial charge in [0, 0.05) is 7.11 Å². The number of hydrogen-bond donors (Lipinski definition) is 1. The second-order valence-electron chi connectivity index (χ2n) is 3.47. The third-order valence-corrected chi connectivity index (χ3v) is 2.19. The number of nitrogens with zero attached hydrogens (tertiary/aromatic N) is 1. The molecule has 1 heterocycles. The van der Waals surface area contributed by atoms with E-state index in [4.69, 9.17) is 4.74 Å². The molecule has 0 aliphatic heterocycles. The monoisotopic (exact) mass is 204 g/mol. The molecule has 0 unspecified atom stereocenters. The van der Waals surface area contributed by atoms with E-state index in [9.17, 15) is 4.79 Å². The Morgan fingerprint density at radius 3 is 3.00 bits per heavy atom. The molecule has 0 atom stereocenters. The summed E-state index contributed by atoms with van der Waals surface area (Å²) in [4.78, 5) is 18.6. The highest BCUT2D eigenvalue weighted by atomic mass is 16.5. The van der Waals surface area contributed by atoms with Gasteiger partial charge in [0.1, 0.15) is 12.4 Å². The van der Waals surface area contributed by atoms with Crippen molar-refractivity contribution < 1.29 is 4.74 Å². The van der Waals surface area contributed by atoms with Gasteiger partial charge in [-0.1, -0.05) is 6.07 Å². The molecule has 0 aliphatic rings. The van der Waals surface area contributed by atoms with Crippen molar-refractivity contribution in [1.29, 1.82) is 0 Å². The topological polar surface area (TPSA) is 55.0 Å². The van der Waals surface area contributed by atoms with Crippen LogP contribution in [-0.4, -0.2) is 17.1 Å². The van der Waals surface area contributed by atoms with Gasteiger partial charge in [-0.25, -0.2) is 4.98 Å². The molecule has 0 aliphatic carbocycles. The summed E-state index contributed by atoms with van der Waals surface area (Å²) in [6.45, 7) is 2.29. The van der Waals surface area contributed by atoms with Crippen LogP contribution in [0.3, 0.4) is 0 Å². The molecule has 0 saturated carbocycles. The molecule has 1 aromatic carbocycles. The van der Waals surface area contributed by atoms with Crippen molar-refractivity contribution in [2.75, 3.05) is 7.11 Å². The lowest BCUT2D eigenvalue weighted by Crippen LogP contribution is -2.12. The number of H-pyrrole nitrogens is 1. The smallest absolute Gasteiger partial charge is 0.258 e. The first-order valence-electron chi connectivity index (χ1n) is 4.69. The van der Waals surface area contributed by atoms with Crippen LogP contribution in [0.15, 0.2) is 23.0 Å². The Hall–Kier alpha value is -1.68. The van der Waals surface area contributed by atoms with E-state index < -0.39 is 0 Å². The first-order chi connectivity index (χ1) is 7.20. The Balaban J connectivity index is 2.68. The molecule has 0 spiro atoms. The maximum atomic E-state index is 11.6. The maximum absolute atomic E-state index is 11.6. The summed E-state index contributed by atoms with van der Waals surface area (Å²) in [5.41, 5.74) is 1.68. The van der Waals surface area contributed by atoms with Gasteiger partial charge in [0.25, 0.3) is 5.56 Å². The van der Waals surface area contributed by atoms with Crippen molar-refractivity contribution in [2.24, 2.45) is 0 Å². The Morgan fingerprint density at radius 2 is 2.27 bits per heavy atom. The van der Waals surface area contributed by atoms with Gasteiger partial charge in [0.2, 0.25) is 0 Å². The molecule has 78 valence electrons. The normalized spacial score (nSPS) is 10.8. The number of nitrogens with one attached hydrogen (secondary N) is 1. The minimum Gasteiger partial charge on any atom is -0.377 e. The Bertz CT molecular complexity index is 546. The number of methoxy groups -OCH3 is 1. The highest BCUT2D eigenvalue weighted by molar-refractivity contribution is 5.78. The van der Waals surface area contributed by atoms with Gasteiger partial charge in [-0.2, -0.15) is 0 Å². The lowest BCUT2D eigenvalue weighted by Gasteiger charge is -2.02. The molecular weight excluding hydrogens is 192 g/mol. The van der Waals surface area contributed by atoms with E-state index in [1.165, 1.54) is 0 Å². The van der Waals surface area contributed by atoms with Gasteiger partial charge in [0.05, 0.1) is 10.9 Å². The summed E-state index contributed by atoms with van der Waals surface area (Å²) in [5, 5.41) is 0.612. The predicted octanol–water partition coefficient (Wildman–Crippen LogP) is 1.38. The van der Waals surface area contributed by atoms with Crippen LogP contribution in [0.25, 0.3) is 10.9 Å². The zero-order chi connectivity index (χ0) is 10.8. The van der Waals surface area contributed by atoms with Crippen LogP contribution >= 0.6 is 0 Å². The second kappa shape index (κ2) is 3.82. The van der Waals surface area contributed by atoms with E-state index in [2.05, 4.69) is 9.97 Å². The van der Waals surface area contributed by atoms with Gasteiger partial charge in [0.15, 0.2) is 0 Å². The van der Waals surface area contributed by atoms with Crippen LogP contribution in [-0.2, 0) is 11.3 Å². The number of benzene rings is 1. The first-order valence-corrected chi connectivity index (χ1v) is 4.69. The highest BCUT2D eigenvalue weighted by Crippen LogP contribution is 2.09. The number of rotatable bonds is 2. The van der Waals surface area contributed by atoms with Gasteiger partial charge >= 0.3 is 0 Å². The van der Waals surface area contributed by atoms with Crippen LogP contribution in [0, 0.1) is 6.92 Å². The molecule has 2 rings (SSSR count). The van der Waals surface area contributed by atoms with Gasteiger partial charge < -0.3 is 9.72 Å². The lowest BCUT2D eigenvalue weighted by molar-refractivity contribution is 0.178. The van der Waals surface area contributed by atoms with Gasteiger partial charge in [-0.05, 0) is 24.6 Å². The highest BCUT2D eigenvalue weighted by Gasteiger charge is 2.03. The number of aryl methyl sites for hydroxylation is 1. The standard InChI is InChI=1S/C11H12N2O2/c1-7-3-4-8-9(5-7)12-10(6-15-2)13-11(8)14/h3-5H,6H2,1-2H3,(H,12,13,14). The summed E-state index contributed by atoms with van der Waals surface area (Å²) in [6.07, 6.45) is 0. The van der Waals surface area contributed by atoms with Crippen LogP contribution < -0.4 is 5.56 Å². The van der Waals surface area contributed by atoms with Crippen molar-refractivity contribution in [1.82, 2.24) is 9.97 Å². The van der Waals surface area contributed by atoms with Crippen molar-refractivity contribution >= 4 is 10.9 Å². The molecule has 0 bridgehead atoms. The SMILES string of the molecule is COCc1nc2cc(C)ccc2c(=O)[nH]1. The molecule has 15 heavy (non-hydrogen) atoms. The molecule has 1 aromatic heterocycles. The molecule has 2 aromatic rings. The fourth-order valence-electron chi connectivity index (χ4n) is 1.50. The maximum Gasteiger partial charge on any atom is 0.258 e. The van der Waals surface area contributed by atoms with Crippen molar-refractivity contribution in [3.63, 3.8) is 0 Å². The van der Waals surface area contributed by atoms with E-state index in [0.717, 1.165) is 5.56 Å². The van der Waals surface area contributed by atoms with Crippen molar-refractivity contribution in [3.8, 4) is 0 Å². The minimum absolute atomic E-state index is 0.118. The van der Waals surface area contributed by atoms with E-state index in [0.29, 0.717) is 23.3 Å². The number of aromatic amines is 1. The quantitative estimate of drug-likeness (QED) is 0.804. The van der Waals surface area contributed by atoms with E-state index in [1.807, 2.05) is 19.1 Å². The minimum atomic E-state index is -0.118.